The van der Waals surface area contributed by atoms with E-state index in [-0.39, 0.29) is 11.7 Å². The normalized spacial score (nSPS) is 11.2. The first-order valence-corrected chi connectivity index (χ1v) is 12.4. The summed E-state index contributed by atoms with van der Waals surface area (Å²) in [6.45, 7) is 8.14. The van der Waals surface area contributed by atoms with E-state index in [2.05, 4.69) is 46.6 Å². The quantitative estimate of drug-likeness (QED) is 0.344. The van der Waals surface area contributed by atoms with E-state index in [1.165, 1.54) is 17.3 Å². The molecule has 1 N–H and O–H groups in total. The Bertz CT molecular complexity index is 1340. The summed E-state index contributed by atoms with van der Waals surface area (Å²) in [6, 6.07) is 16.0. The van der Waals surface area contributed by atoms with Crippen LogP contribution in [0.4, 0.5) is 5.69 Å². The summed E-state index contributed by atoms with van der Waals surface area (Å²) in [5, 5.41) is 17.0. The number of rotatable bonds is 8. The van der Waals surface area contributed by atoms with Gasteiger partial charge in [0.05, 0.1) is 35.6 Å². The number of amides is 1. The summed E-state index contributed by atoms with van der Waals surface area (Å²) in [5.74, 6) is 1.86. The maximum Gasteiger partial charge on any atom is 0.234 e. The second-order valence-corrected chi connectivity index (χ2v) is 9.53. The van der Waals surface area contributed by atoms with Gasteiger partial charge in [0.1, 0.15) is 5.75 Å². The van der Waals surface area contributed by atoms with Gasteiger partial charge in [0, 0.05) is 12.6 Å². The van der Waals surface area contributed by atoms with Crippen LogP contribution >= 0.6 is 11.8 Å². The van der Waals surface area contributed by atoms with Crippen molar-refractivity contribution < 1.29 is 9.53 Å². The molecule has 0 aliphatic rings. The fraction of sp³-hybridized carbons (Fsp3) is 0.308. The number of benzene rings is 2. The molecule has 0 saturated heterocycles. The summed E-state index contributed by atoms with van der Waals surface area (Å²) in [7, 11) is 3.51. The van der Waals surface area contributed by atoms with E-state index in [9.17, 15) is 4.79 Å². The van der Waals surface area contributed by atoms with Gasteiger partial charge in [-0.1, -0.05) is 43.8 Å². The summed E-state index contributed by atoms with van der Waals surface area (Å²) in [4.78, 5) is 12.8. The third kappa shape index (κ3) is 5.09. The van der Waals surface area contributed by atoms with E-state index < -0.39 is 0 Å². The highest BCUT2D eigenvalue weighted by Crippen LogP contribution is 2.33. The van der Waals surface area contributed by atoms with E-state index in [1.807, 2.05) is 61.9 Å². The van der Waals surface area contributed by atoms with Crippen molar-refractivity contribution in [3.8, 4) is 22.8 Å². The van der Waals surface area contributed by atoms with Gasteiger partial charge in [0.25, 0.3) is 0 Å². The molecule has 182 valence electrons. The van der Waals surface area contributed by atoms with Crippen molar-refractivity contribution in [1.82, 2.24) is 24.5 Å². The minimum absolute atomic E-state index is 0.119. The molecule has 2 aromatic heterocycles. The second kappa shape index (κ2) is 10.4. The molecule has 0 saturated carbocycles. The second-order valence-electron chi connectivity index (χ2n) is 8.59. The van der Waals surface area contributed by atoms with E-state index >= 15 is 0 Å². The van der Waals surface area contributed by atoms with E-state index in [1.54, 1.807) is 11.8 Å². The molecule has 0 bridgehead atoms. The number of nitrogens with zero attached hydrogens (tertiary/aromatic N) is 5. The van der Waals surface area contributed by atoms with Gasteiger partial charge in [-0.25, -0.2) is 0 Å². The fourth-order valence-corrected chi connectivity index (χ4v) is 4.69. The fourth-order valence-electron chi connectivity index (χ4n) is 3.95. The Kier molecular flexibility index (Phi) is 7.25. The highest BCUT2D eigenvalue weighted by atomic mass is 32.2. The lowest BCUT2D eigenvalue weighted by Gasteiger charge is -2.17. The van der Waals surface area contributed by atoms with Gasteiger partial charge in [-0.15, -0.1) is 10.2 Å². The third-order valence-electron chi connectivity index (χ3n) is 5.89. The highest BCUT2D eigenvalue weighted by molar-refractivity contribution is 7.99. The van der Waals surface area contributed by atoms with E-state index in [4.69, 9.17) is 4.74 Å². The van der Waals surface area contributed by atoms with Crippen molar-refractivity contribution in [2.24, 2.45) is 7.05 Å². The first-order valence-electron chi connectivity index (χ1n) is 11.4. The zero-order valence-corrected chi connectivity index (χ0v) is 21.7. The number of ether oxygens (including phenoxy) is 1. The lowest BCUT2D eigenvalue weighted by molar-refractivity contribution is -0.113. The van der Waals surface area contributed by atoms with Gasteiger partial charge in [0.15, 0.2) is 11.0 Å². The molecule has 0 aliphatic heterocycles. The predicted molar refractivity (Wildman–Crippen MR) is 139 cm³/mol. The molecular weight excluding hydrogens is 460 g/mol. The summed E-state index contributed by atoms with van der Waals surface area (Å²) in [5.41, 5.74) is 5.55. The SMILES string of the molecule is COc1ccc(-c2nnc(SCC(=O)Nc3c(C)nn(C)c3C)n2-c2ccccc2C(C)C)cc1. The van der Waals surface area contributed by atoms with Gasteiger partial charge in [-0.3, -0.25) is 14.0 Å². The average Bonchev–Trinajstić information content (AvgIpc) is 3.38. The van der Waals surface area contributed by atoms with Crippen LogP contribution in [0.3, 0.4) is 0 Å². The van der Waals surface area contributed by atoms with Crippen LogP contribution in [0.2, 0.25) is 0 Å². The predicted octanol–water partition coefficient (Wildman–Crippen LogP) is 5.15. The number of hydrogen-bond acceptors (Lipinski definition) is 6. The van der Waals surface area contributed by atoms with Gasteiger partial charge >= 0.3 is 0 Å². The van der Waals surface area contributed by atoms with Gasteiger partial charge < -0.3 is 10.1 Å². The van der Waals surface area contributed by atoms with Gasteiger partial charge in [-0.05, 0) is 55.7 Å². The van der Waals surface area contributed by atoms with E-state index in [0.717, 1.165) is 34.1 Å². The molecule has 0 unspecified atom stereocenters. The number of thioether (sulfide) groups is 1. The molecule has 0 fully saturated rings. The summed E-state index contributed by atoms with van der Waals surface area (Å²) >= 11 is 1.36. The number of aryl methyl sites for hydroxylation is 2. The molecule has 4 rings (SSSR count). The zero-order valence-electron chi connectivity index (χ0n) is 20.9. The maximum atomic E-state index is 12.8. The molecule has 0 atom stereocenters. The molecule has 8 nitrogen and oxygen atoms in total. The van der Waals surface area contributed by atoms with Crippen molar-refractivity contribution in [2.45, 2.75) is 38.8 Å². The van der Waals surface area contributed by atoms with Gasteiger partial charge in [-0.2, -0.15) is 5.10 Å². The molecule has 0 aliphatic carbocycles. The summed E-state index contributed by atoms with van der Waals surface area (Å²) in [6.07, 6.45) is 0. The Hall–Kier alpha value is -3.59. The average molecular weight is 491 g/mol. The Morgan fingerprint density at radius 3 is 2.43 bits per heavy atom. The van der Waals surface area contributed by atoms with Crippen LogP contribution < -0.4 is 10.1 Å². The summed E-state index contributed by atoms with van der Waals surface area (Å²) < 4.78 is 9.11. The van der Waals surface area contributed by atoms with Crippen molar-refractivity contribution >= 4 is 23.4 Å². The van der Waals surface area contributed by atoms with Gasteiger partial charge in [0.2, 0.25) is 5.91 Å². The number of anilines is 1. The third-order valence-corrected chi connectivity index (χ3v) is 6.82. The number of carbonyl (C=O) groups excluding carboxylic acids is 1. The van der Waals surface area contributed by atoms with Crippen molar-refractivity contribution in [2.75, 3.05) is 18.2 Å². The molecule has 35 heavy (non-hydrogen) atoms. The first-order chi connectivity index (χ1) is 16.8. The minimum atomic E-state index is -0.119. The topological polar surface area (TPSA) is 86.9 Å². The number of para-hydroxylation sites is 1. The lowest BCUT2D eigenvalue weighted by Crippen LogP contribution is -2.16. The maximum absolute atomic E-state index is 12.8. The number of carbonyl (C=O) groups is 1. The molecule has 0 spiro atoms. The number of hydrogen-bond donors (Lipinski definition) is 1. The minimum Gasteiger partial charge on any atom is -0.497 e. The number of nitrogens with one attached hydrogen (secondary N) is 1. The van der Waals surface area contributed by atoms with Crippen LogP contribution in [0.5, 0.6) is 5.75 Å². The zero-order chi connectivity index (χ0) is 25.1. The van der Waals surface area contributed by atoms with Crippen LogP contribution in [0.1, 0.15) is 36.7 Å². The van der Waals surface area contributed by atoms with Crippen LogP contribution in [0.25, 0.3) is 17.1 Å². The van der Waals surface area contributed by atoms with E-state index in [0.29, 0.717) is 16.9 Å². The molecule has 9 heteroatoms. The molecule has 1 amide bonds. The van der Waals surface area contributed by atoms with Crippen molar-refractivity contribution in [3.05, 3.63) is 65.5 Å². The van der Waals surface area contributed by atoms with Crippen molar-refractivity contribution in [1.29, 1.82) is 0 Å². The largest absolute Gasteiger partial charge is 0.497 e. The van der Waals surface area contributed by atoms with Crippen LogP contribution in [-0.2, 0) is 11.8 Å². The van der Waals surface area contributed by atoms with Crippen LogP contribution in [-0.4, -0.2) is 43.3 Å². The first kappa shape index (κ1) is 24.5. The Morgan fingerprint density at radius 2 is 1.80 bits per heavy atom. The molecule has 2 heterocycles. The van der Waals surface area contributed by atoms with Crippen LogP contribution in [0, 0.1) is 13.8 Å². The molecule has 2 aromatic carbocycles. The monoisotopic (exact) mass is 490 g/mol. The van der Waals surface area contributed by atoms with Crippen LogP contribution in [0.15, 0.2) is 53.7 Å². The molecular formula is C26H30N6O2S. The lowest BCUT2D eigenvalue weighted by atomic mass is 10.0. The molecule has 0 radical (unpaired) electrons. The Morgan fingerprint density at radius 1 is 1.09 bits per heavy atom. The standard InChI is InChI=1S/C26H30N6O2S/c1-16(2)21-9-7-8-10-22(21)32-25(19-11-13-20(34-6)14-12-19)28-29-26(32)35-15-23(33)27-24-17(3)30-31(5)18(24)4/h7-14,16H,15H2,1-6H3,(H,27,33). The highest BCUT2D eigenvalue weighted by Gasteiger charge is 2.21. The Labute approximate surface area is 209 Å². The molecule has 4 aromatic rings. The van der Waals surface area contributed by atoms with Crippen molar-refractivity contribution in [3.63, 3.8) is 0 Å². The smallest absolute Gasteiger partial charge is 0.234 e. The number of aromatic nitrogens is 5. The Balaban J connectivity index is 1.68. The number of methoxy groups -OCH3 is 1.